The summed E-state index contributed by atoms with van der Waals surface area (Å²) in [6, 6.07) is 16.8. The van der Waals surface area contributed by atoms with E-state index in [0.717, 1.165) is 22.9 Å². The highest BCUT2D eigenvalue weighted by atomic mass is 32.2. The van der Waals surface area contributed by atoms with Gasteiger partial charge in [-0.2, -0.15) is 0 Å². The van der Waals surface area contributed by atoms with Crippen LogP contribution in [0.2, 0.25) is 0 Å². The second-order valence-corrected chi connectivity index (χ2v) is 9.00. The van der Waals surface area contributed by atoms with Gasteiger partial charge in [-0.15, -0.1) is 10.2 Å². The first-order valence-electron chi connectivity index (χ1n) is 11.0. The number of hydrogen-bond acceptors (Lipinski definition) is 5. The quantitative estimate of drug-likeness (QED) is 0.334. The molecule has 0 aliphatic carbocycles. The summed E-state index contributed by atoms with van der Waals surface area (Å²) in [6.45, 7) is 3.94. The number of carbonyl (C=O) groups is 2. The molecule has 4 aromatic rings. The van der Waals surface area contributed by atoms with Crippen LogP contribution in [0, 0.1) is 25.5 Å². The van der Waals surface area contributed by atoms with E-state index in [1.54, 1.807) is 4.57 Å². The molecule has 2 amide bonds. The zero-order valence-corrected chi connectivity index (χ0v) is 20.4. The lowest BCUT2D eigenvalue weighted by atomic mass is 10.1. The molecule has 0 saturated carbocycles. The summed E-state index contributed by atoms with van der Waals surface area (Å²) in [5.74, 6) is -1.13. The van der Waals surface area contributed by atoms with Crippen molar-refractivity contribution in [1.82, 2.24) is 20.1 Å². The van der Waals surface area contributed by atoms with Crippen molar-refractivity contribution in [2.75, 3.05) is 11.1 Å². The minimum atomic E-state index is -0.501. The predicted molar refractivity (Wildman–Crippen MR) is 134 cm³/mol. The monoisotopic (exact) mass is 507 g/mol. The second kappa shape index (κ2) is 11.1. The van der Waals surface area contributed by atoms with E-state index in [1.165, 1.54) is 54.2 Å². The Labute approximate surface area is 210 Å². The molecule has 1 aromatic heterocycles. The zero-order chi connectivity index (χ0) is 25.7. The van der Waals surface area contributed by atoms with Gasteiger partial charge in [0.25, 0.3) is 5.91 Å². The lowest BCUT2D eigenvalue weighted by molar-refractivity contribution is -0.113. The molecule has 36 heavy (non-hydrogen) atoms. The molecule has 1 heterocycles. The van der Waals surface area contributed by atoms with E-state index in [0.29, 0.717) is 16.7 Å². The van der Waals surface area contributed by atoms with Gasteiger partial charge >= 0.3 is 0 Å². The highest BCUT2D eigenvalue weighted by molar-refractivity contribution is 7.99. The van der Waals surface area contributed by atoms with Gasteiger partial charge in [-0.1, -0.05) is 30.0 Å². The van der Waals surface area contributed by atoms with Gasteiger partial charge in [0.1, 0.15) is 11.6 Å². The third-order valence-electron chi connectivity index (χ3n) is 5.26. The van der Waals surface area contributed by atoms with E-state index < -0.39 is 11.7 Å². The van der Waals surface area contributed by atoms with Crippen molar-refractivity contribution in [3.63, 3.8) is 0 Å². The number of carbonyl (C=O) groups excluding carboxylic acids is 2. The van der Waals surface area contributed by atoms with Crippen molar-refractivity contribution < 1.29 is 18.4 Å². The molecule has 0 aliphatic rings. The Morgan fingerprint density at radius 2 is 1.72 bits per heavy atom. The largest absolute Gasteiger partial charge is 0.345 e. The predicted octanol–water partition coefficient (Wildman–Crippen LogP) is 4.82. The summed E-state index contributed by atoms with van der Waals surface area (Å²) in [5, 5.41) is 14.4. The normalized spacial score (nSPS) is 10.8. The van der Waals surface area contributed by atoms with E-state index >= 15 is 0 Å². The number of thioether (sulfide) groups is 1. The summed E-state index contributed by atoms with van der Waals surface area (Å²) in [7, 11) is 0. The maximum absolute atomic E-state index is 13.5. The van der Waals surface area contributed by atoms with Crippen LogP contribution in [0.25, 0.3) is 5.69 Å². The van der Waals surface area contributed by atoms with E-state index in [9.17, 15) is 18.4 Å². The van der Waals surface area contributed by atoms with Crippen LogP contribution in [0.15, 0.2) is 71.9 Å². The molecule has 0 spiro atoms. The maximum atomic E-state index is 13.5. The first kappa shape index (κ1) is 25.1. The molecule has 4 rings (SSSR count). The molecule has 0 saturated heterocycles. The maximum Gasteiger partial charge on any atom is 0.251 e. The van der Waals surface area contributed by atoms with Gasteiger partial charge < -0.3 is 10.6 Å². The Morgan fingerprint density at radius 3 is 2.47 bits per heavy atom. The van der Waals surface area contributed by atoms with E-state index in [2.05, 4.69) is 20.8 Å². The minimum Gasteiger partial charge on any atom is -0.345 e. The number of hydrogen-bond donors (Lipinski definition) is 2. The molecule has 0 unspecified atom stereocenters. The lowest BCUT2D eigenvalue weighted by Gasteiger charge is -2.14. The highest BCUT2D eigenvalue weighted by Crippen LogP contribution is 2.25. The molecule has 2 N–H and O–H groups in total. The Bertz CT molecular complexity index is 1410. The average molecular weight is 508 g/mol. The minimum absolute atomic E-state index is 0.0377. The van der Waals surface area contributed by atoms with Crippen LogP contribution in [0.5, 0.6) is 0 Å². The third kappa shape index (κ3) is 6.14. The van der Waals surface area contributed by atoms with Crippen molar-refractivity contribution in [2.45, 2.75) is 25.5 Å². The summed E-state index contributed by atoms with van der Waals surface area (Å²) < 4.78 is 28.4. The summed E-state index contributed by atoms with van der Waals surface area (Å²) >= 11 is 1.18. The summed E-state index contributed by atoms with van der Waals surface area (Å²) in [4.78, 5) is 25.0. The number of amides is 2. The molecule has 0 aliphatic heterocycles. The molecule has 0 bridgehead atoms. The first-order valence-corrected chi connectivity index (χ1v) is 12.0. The fourth-order valence-corrected chi connectivity index (χ4v) is 4.23. The molecule has 10 heteroatoms. The first-order chi connectivity index (χ1) is 17.3. The molecule has 7 nitrogen and oxygen atoms in total. The van der Waals surface area contributed by atoms with Gasteiger partial charge in [0.2, 0.25) is 5.91 Å². The second-order valence-electron chi connectivity index (χ2n) is 8.06. The van der Waals surface area contributed by atoms with Crippen molar-refractivity contribution >= 4 is 29.3 Å². The van der Waals surface area contributed by atoms with Crippen LogP contribution in [-0.2, 0) is 11.3 Å². The van der Waals surface area contributed by atoms with Crippen molar-refractivity contribution in [3.05, 3.63) is 101 Å². The molecular weight excluding hydrogens is 484 g/mol. The van der Waals surface area contributed by atoms with E-state index in [4.69, 9.17) is 0 Å². The van der Waals surface area contributed by atoms with Gasteiger partial charge in [-0.3, -0.25) is 14.2 Å². The number of halogens is 2. The van der Waals surface area contributed by atoms with Crippen molar-refractivity contribution in [2.24, 2.45) is 0 Å². The fraction of sp³-hybridized carbons (Fsp3) is 0.154. The molecular formula is C26H23F2N5O2S. The fourth-order valence-electron chi connectivity index (χ4n) is 3.46. The Hall–Kier alpha value is -4.05. The smallest absolute Gasteiger partial charge is 0.251 e. The van der Waals surface area contributed by atoms with Gasteiger partial charge in [0, 0.05) is 11.3 Å². The number of benzene rings is 3. The van der Waals surface area contributed by atoms with E-state index in [-0.39, 0.29) is 29.6 Å². The van der Waals surface area contributed by atoms with Gasteiger partial charge in [-0.05, 0) is 73.5 Å². The topological polar surface area (TPSA) is 88.9 Å². The third-order valence-corrected chi connectivity index (χ3v) is 6.19. The van der Waals surface area contributed by atoms with Crippen LogP contribution >= 0.6 is 11.8 Å². The lowest BCUT2D eigenvalue weighted by Crippen LogP contribution is -2.25. The number of nitrogens with one attached hydrogen (secondary N) is 2. The molecule has 3 aromatic carbocycles. The number of rotatable bonds is 8. The summed E-state index contributed by atoms with van der Waals surface area (Å²) in [6.07, 6.45) is 0. The van der Waals surface area contributed by atoms with Crippen LogP contribution in [0.4, 0.5) is 14.5 Å². The number of aromatic nitrogens is 3. The number of anilines is 1. The van der Waals surface area contributed by atoms with Crippen LogP contribution in [-0.4, -0.2) is 32.3 Å². The van der Waals surface area contributed by atoms with Gasteiger partial charge in [0.05, 0.1) is 18.0 Å². The van der Waals surface area contributed by atoms with Crippen molar-refractivity contribution in [1.29, 1.82) is 0 Å². The zero-order valence-electron chi connectivity index (χ0n) is 19.6. The highest BCUT2D eigenvalue weighted by Gasteiger charge is 2.19. The standard InChI is InChI=1S/C26H23F2N5O2S/c1-16-6-7-17(2)22(12-16)33-23(14-29-25(35)18-4-3-5-20(28)13-18)31-32-26(33)36-15-24(34)30-21-10-8-19(27)9-11-21/h3-13H,14-15H2,1-2H3,(H,29,35)(H,30,34). The average Bonchev–Trinajstić information content (AvgIpc) is 3.26. The number of aryl methyl sites for hydroxylation is 2. The molecule has 0 fully saturated rings. The van der Waals surface area contributed by atoms with Crippen LogP contribution in [0.3, 0.4) is 0 Å². The molecule has 0 atom stereocenters. The number of nitrogens with zero attached hydrogens (tertiary/aromatic N) is 3. The SMILES string of the molecule is Cc1ccc(C)c(-n2c(CNC(=O)c3cccc(F)c3)nnc2SCC(=O)Nc2ccc(F)cc2)c1. The van der Waals surface area contributed by atoms with E-state index in [1.807, 2.05) is 32.0 Å². The van der Waals surface area contributed by atoms with Crippen LogP contribution in [0.1, 0.15) is 27.3 Å². The molecule has 0 radical (unpaired) electrons. The Morgan fingerprint density at radius 1 is 0.944 bits per heavy atom. The van der Waals surface area contributed by atoms with Crippen LogP contribution < -0.4 is 10.6 Å². The van der Waals surface area contributed by atoms with Crippen molar-refractivity contribution in [3.8, 4) is 5.69 Å². The summed E-state index contributed by atoms with van der Waals surface area (Å²) in [5.41, 5.74) is 3.47. The van der Waals surface area contributed by atoms with Gasteiger partial charge in [-0.25, -0.2) is 8.78 Å². The van der Waals surface area contributed by atoms with Gasteiger partial charge in [0.15, 0.2) is 11.0 Å². The molecule has 184 valence electrons. The Balaban J connectivity index is 1.54. The Kier molecular flexibility index (Phi) is 7.74.